The minimum Gasteiger partial charge on any atom is -0.393 e. The standard InChI is InChI=1S/C18H25ClN2O2/c1-13(22)11-15-5-4-9-21(15)18(23)14-8-10-20(12-14)17-7-3-2-6-16(17)19/h2-3,6-7,13-15,22H,4-5,8-12H2,1H3. The van der Waals surface area contributed by atoms with E-state index < -0.39 is 0 Å². The van der Waals surface area contributed by atoms with Gasteiger partial charge in [-0.3, -0.25) is 4.79 Å². The van der Waals surface area contributed by atoms with Gasteiger partial charge in [-0.25, -0.2) is 0 Å². The fraction of sp³-hybridized carbons (Fsp3) is 0.611. The van der Waals surface area contributed by atoms with Crippen LogP contribution in [-0.4, -0.2) is 47.7 Å². The number of hydrogen-bond acceptors (Lipinski definition) is 3. The lowest BCUT2D eigenvalue weighted by atomic mass is 10.0. The van der Waals surface area contributed by atoms with Gasteiger partial charge in [0, 0.05) is 25.7 Å². The molecule has 0 aliphatic carbocycles. The molecule has 23 heavy (non-hydrogen) atoms. The first-order valence-corrected chi connectivity index (χ1v) is 8.92. The molecular weight excluding hydrogens is 312 g/mol. The van der Waals surface area contributed by atoms with Gasteiger partial charge in [0.2, 0.25) is 5.91 Å². The smallest absolute Gasteiger partial charge is 0.227 e. The third kappa shape index (κ3) is 3.64. The van der Waals surface area contributed by atoms with E-state index in [9.17, 15) is 9.90 Å². The van der Waals surface area contributed by atoms with Crippen molar-refractivity contribution >= 4 is 23.2 Å². The number of halogens is 1. The summed E-state index contributed by atoms with van der Waals surface area (Å²) in [4.78, 5) is 17.1. The van der Waals surface area contributed by atoms with Crippen LogP contribution in [0.4, 0.5) is 5.69 Å². The summed E-state index contributed by atoms with van der Waals surface area (Å²) in [7, 11) is 0. The summed E-state index contributed by atoms with van der Waals surface area (Å²) in [5.74, 6) is 0.295. The van der Waals surface area contributed by atoms with Gasteiger partial charge in [0.05, 0.1) is 22.7 Å². The lowest BCUT2D eigenvalue weighted by Gasteiger charge is -2.28. The van der Waals surface area contributed by atoms with Gasteiger partial charge in [0.1, 0.15) is 0 Å². The molecule has 2 aliphatic heterocycles. The zero-order chi connectivity index (χ0) is 16.4. The van der Waals surface area contributed by atoms with Gasteiger partial charge >= 0.3 is 0 Å². The molecular formula is C18H25ClN2O2. The quantitative estimate of drug-likeness (QED) is 0.919. The maximum atomic E-state index is 12.9. The number of hydrogen-bond donors (Lipinski definition) is 1. The number of carbonyl (C=O) groups is 1. The highest BCUT2D eigenvalue weighted by Crippen LogP contribution is 2.32. The molecule has 3 rings (SSSR count). The van der Waals surface area contributed by atoms with Gasteiger partial charge in [-0.1, -0.05) is 23.7 Å². The van der Waals surface area contributed by atoms with Crippen molar-refractivity contribution in [1.82, 2.24) is 4.90 Å². The molecule has 3 atom stereocenters. The normalized spacial score (nSPS) is 25.9. The van der Waals surface area contributed by atoms with Crippen LogP contribution in [0.3, 0.4) is 0 Å². The molecule has 0 bridgehead atoms. The molecule has 3 unspecified atom stereocenters. The van der Waals surface area contributed by atoms with E-state index in [-0.39, 0.29) is 24.0 Å². The number of para-hydroxylation sites is 1. The zero-order valence-electron chi connectivity index (χ0n) is 13.6. The third-order valence-electron chi connectivity index (χ3n) is 5.00. The molecule has 1 aromatic rings. The second-order valence-electron chi connectivity index (χ2n) is 6.80. The Labute approximate surface area is 143 Å². The average molecular weight is 337 g/mol. The number of aliphatic hydroxyl groups is 1. The summed E-state index contributed by atoms with van der Waals surface area (Å²) in [5.41, 5.74) is 1.02. The maximum Gasteiger partial charge on any atom is 0.227 e. The molecule has 1 aromatic carbocycles. The van der Waals surface area contributed by atoms with Crippen LogP contribution in [0, 0.1) is 5.92 Å². The van der Waals surface area contributed by atoms with Gasteiger partial charge in [-0.2, -0.15) is 0 Å². The molecule has 2 heterocycles. The first-order valence-electron chi connectivity index (χ1n) is 8.54. The predicted molar refractivity (Wildman–Crippen MR) is 92.8 cm³/mol. The number of amides is 1. The number of aliphatic hydroxyl groups excluding tert-OH is 1. The first-order chi connectivity index (χ1) is 11.1. The maximum absolute atomic E-state index is 12.9. The molecule has 2 fully saturated rings. The van der Waals surface area contributed by atoms with Crippen LogP contribution in [0.5, 0.6) is 0 Å². The second kappa shape index (κ2) is 7.10. The summed E-state index contributed by atoms with van der Waals surface area (Å²) in [6, 6.07) is 8.02. The highest BCUT2D eigenvalue weighted by atomic mass is 35.5. The Balaban J connectivity index is 1.64. The largest absolute Gasteiger partial charge is 0.393 e. The minimum absolute atomic E-state index is 0.0425. The number of likely N-dealkylation sites (tertiary alicyclic amines) is 1. The lowest BCUT2D eigenvalue weighted by molar-refractivity contribution is -0.136. The van der Waals surface area contributed by atoms with E-state index in [0.717, 1.165) is 49.6 Å². The molecule has 1 amide bonds. The van der Waals surface area contributed by atoms with Crippen molar-refractivity contribution in [2.45, 2.75) is 44.8 Å². The van der Waals surface area contributed by atoms with Crippen LogP contribution < -0.4 is 4.90 Å². The molecule has 0 radical (unpaired) electrons. The van der Waals surface area contributed by atoms with E-state index in [1.807, 2.05) is 29.2 Å². The highest BCUT2D eigenvalue weighted by molar-refractivity contribution is 6.33. The Kier molecular flexibility index (Phi) is 5.12. The van der Waals surface area contributed by atoms with Crippen LogP contribution in [0.1, 0.15) is 32.6 Å². The number of benzene rings is 1. The number of rotatable bonds is 4. The number of nitrogens with zero attached hydrogens (tertiary/aromatic N) is 2. The molecule has 5 heteroatoms. The fourth-order valence-electron chi connectivity index (χ4n) is 3.89. The van der Waals surface area contributed by atoms with Crippen molar-refractivity contribution in [3.05, 3.63) is 29.3 Å². The van der Waals surface area contributed by atoms with Crippen molar-refractivity contribution < 1.29 is 9.90 Å². The third-order valence-corrected chi connectivity index (χ3v) is 5.32. The Bertz CT molecular complexity index is 564. The Hall–Kier alpha value is -1.26. The van der Waals surface area contributed by atoms with E-state index in [2.05, 4.69) is 4.90 Å². The second-order valence-corrected chi connectivity index (χ2v) is 7.20. The molecule has 2 saturated heterocycles. The molecule has 0 aromatic heterocycles. The monoisotopic (exact) mass is 336 g/mol. The van der Waals surface area contributed by atoms with Crippen molar-refractivity contribution in [3.8, 4) is 0 Å². The Morgan fingerprint density at radius 1 is 1.35 bits per heavy atom. The summed E-state index contributed by atoms with van der Waals surface area (Å²) < 4.78 is 0. The van der Waals surface area contributed by atoms with E-state index in [4.69, 9.17) is 11.6 Å². The van der Waals surface area contributed by atoms with Gasteiger partial charge < -0.3 is 14.9 Å². The zero-order valence-corrected chi connectivity index (χ0v) is 14.4. The van der Waals surface area contributed by atoms with Crippen LogP contribution in [-0.2, 0) is 4.79 Å². The highest BCUT2D eigenvalue weighted by Gasteiger charge is 2.37. The van der Waals surface area contributed by atoms with Crippen molar-refractivity contribution in [3.63, 3.8) is 0 Å². The van der Waals surface area contributed by atoms with Gasteiger partial charge in [0.15, 0.2) is 0 Å². The summed E-state index contributed by atoms with van der Waals surface area (Å²) in [5, 5.41) is 10.4. The fourth-order valence-corrected chi connectivity index (χ4v) is 4.14. The van der Waals surface area contributed by atoms with E-state index >= 15 is 0 Å². The topological polar surface area (TPSA) is 43.8 Å². The summed E-state index contributed by atoms with van der Waals surface area (Å²) in [6.07, 6.45) is 3.27. The molecule has 2 aliphatic rings. The molecule has 0 spiro atoms. The van der Waals surface area contributed by atoms with Crippen LogP contribution in [0.15, 0.2) is 24.3 Å². The van der Waals surface area contributed by atoms with Gasteiger partial charge in [0.25, 0.3) is 0 Å². The number of anilines is 1. The van der Waals surface area contributed by atoms with Crippen LogP contribution in [0.2, 0.25) is 5.02 Å². The Morgan fingerprint density at radius 3 is 2.87 bits per heavy atom. The lowest BCUT2D eigenvalue weighted by Crippen LogP contribution is -2.41. The first kappa shape index (κ1) is 16.6. The molecule has 0 saturated carbocycles. The van der Waals surface area contributed by atoms with Crippen LogP contribution in [0.25, 0.3) is 0 Å². The number of carbonyl (C=O) groups excluding carboxylic acids is 1. The van der Waals surface area contributed by atoms with E-state index in [1.54, 1.807) is 6.92 Å². The summed E-state index contributed by atoms with van der Waals surface area (Å²) >= 11 is 6.27. The van der Waals surface area contributed by atoms with Gasteiger partial charge in [-0.15, -0.1) is 0 Å². The van der Waals surface area contributed by atoms with Crippen molar-refractivity contribution in [2.75, 3.05) is 24.5 Å². The van der Waals surface area contributed by atoms with E-state index in [0.29, 0.717) is 6.42 Å². The molecule has 4 nitrogen and oxygen atoms in total. The molecule has 1 N–H and O–H groups in total. The minimum atomic E-state index is -0.350. The summed E-state index contributed by atoms with van der Waals surface area (Å²) in [6.45, 7) is 4.24. The SMILES string of the molecule is CC(O)CC1CCCN1C(=O)C1CCN(c2ccccc2Cl)C1. The van der Waals surface area contributed by atoms with Crippen molar-refractivity contribution in [1.29, 1.82) is 0 Å². The van der Waals surface area contributed by atoms with Crippen molar-refractivity contribution in [2.24, 2.45) is 5.92 Å². The van der Waals surface area contributed by atoms with E-state index in [1.165, 1.54) is 0 Å². The van der Waals surface area contributed by atoms with Gasteiger partial charge in [-0.05, 0) is 44.7 Å². The molecule has 126 valence electrons. The predicted octanol–water partition coefficient (Wildman–Crippen LogP) is 2.93. The van der Waals surface area contributed by atoms with Crippen LogP contribution >= 0.6 is 11.6 Å². The Morgan fingerprint density at radius 2 is 2.13 bits per heavy atom. The average Bonchev–Trinajstić information content (AvgIpc) is 3.16.